The summed E-state index contributed by atoms with van der Waals surface area (Å²) in [7, 11) is -2.09. The molecule has 1 fully saturated rings. The Morgan fingerprint density at radius 2 is 2.10 bits per heavy atom. The molecule has 0 unspecified atom stereocenters. The Hall–Kier alpha value is -1.97. The molecule has 1 amide bonds. The summed E-state index contributed by atoms with van der Waals surface area (Å²) in [6.07, 6.45) is 3.01. The minimum Gasteiger partial charge on any atom is -0.497 e. The fraction of sp³-hybridized carbons (Fsp3) is 0.450. The molecule has 0 saturated carbocycles. The number of hydrogen-bond acceptors (Lipinski definition) is 6. The van der Waals surface area contributed by atoms with E-state index in [4.69, 9.17) is 9.15 Å². The van der Waals surface area contributed by atoms with Crippen LogP contribution in [0.25, 0.3) is 0 Å². The van der Waals surface area contributed by atoms with Gasteiger partial charge in [0.1, 0.15) is 11.5 Å². The molecule has 0 aliphatic carbocycles. The van der Waals surface area contributed by atoms with Crippen LogP contribution in [0, 0.1) is 5.92 Å². The van der Waals surface area contributed by atoms with E-state index < -0.39 is 10.0 Å². The highest BCUT2D eigenvalue weighted by molar-refractivity contribution is 7.98. The number of hydrogen-bond donors (Lipinski definition) is 1. The number of furan rings is 1. The van der Waals surface area contributed by atoms with Crippen molar-refractivity contribution in [2.75, 3.05) is 32.5 Å². The van der Waals surface area contributed by atoms with Crippen molar-refractivity contribution in [3.63, 3.8) is 0 Å². The van der Waals surface area contributed by atoms with Gasteiger partial charge in [-0.15, -0.1) is 0 Å². The van der Waals surface area contributed by atoms with Crippen molar-refractivity contribution in [1.82, 2.24) is 9.62 Å². The average molecular weight is 439 g/mol. The topological polar surface area (TPSA) is 88.9 Å². The number of methoxy groups -OCH3 is 1. The molecule has 1 aliphatic heterocycles. The first-order chi connectivity index (χ1) is 14.0. The third-order valence-electron chi connectivity index (χ3n) is 4.82. The summed E-state index contributed by atoms with van der Waals surface area (Å²) in [5.74, 6) is 2.63. The lowest BCUT2D eigenvalue weighted by Gasteiger charge is -2.31. The highest BCUT2D eigenvalue weighted by atomic mass is 32.2. The molecule has 1 aliphatic rings. The summed E-state index contributed by atoms with van der Waals surface area (Å²) >= 11 is 1.68. The van der Waals surface area contributed by atoms with Gasteiger partial charge in [0.05, 0.1) is 29.9 Å². The Labute approximate surface area is 175 Å². The van der Waals surface area contributed by atoms with Gasteiger partial charge >= 0.3 is 0 Å². The van der Waals surface area contributed by atoms with Gasteiger partial charge in [0.25, 0.3) is 0 Å². The number of piperidine rings is 1. The average Bonchev–Trinajstić information content (AvgIpc) is 3.27. The van der Waals surface area contributed by atoms with Crippen molar-refractivity contribution in [1.29, 1.82) is 0 Å². The van der Waals surface area contributed by atoms with Gasteiger partial charge in [-0.2, -0.15) is 16.1 Å². The van der Waals surface area contributed by atoms with Crippen LogP contribution in [0.4, 0.5) is 0 Å². The standard InChI is InChI=1S/C20H26N2O5S2/c1-26-17-6-8-19(9-7-17)29(24,25)22-11-2-4-16(14-22)20(23)21-10-13-28-15-18-5-3-12-27-18/h3,5-9,12,16H,2,4,10-11,13-15H2,1H3,(H,21,23)/t16-/m0/s1. The molecule has 0 spiro atoms. The molecule has 158 valence electrons. The van der Waals surface area contributed by atoms with Crippen molar-refractivity contribution in [3.05, 3.63) is 48.4 Å². The van der Waals surface area contributed by atoms with Gasteiger partial charge in [-0.1, -0.05) is 0 Å². The predicted molar refractivity (Wildman–Crippen MR) is 112 cm³/mol. The van der Waals surface area contributed by atoms with Crippen molar-refractivity contribution < 1.29 is 22.4 Å². The lowest BCUT2D eigenvalue weighted by Crippen LogP contribution is -2.45. The molecule has 2 heterocycles. The SMILES string of the molecule is COc1ccc(S(=O)(=O)N2CCC[C@H](C(=O)NCCSCc3ccco3)C2)cc1. The quantitative estimate of drug-likeness (QED) is 0.606. The highest BCUT2D eigenvalue weighted by Crippen LogP contribution is 2.25. The Morgan fingerprint density at radius 1 is 1.31 bits per heavy atom. The molecule has 2 aromatic rings. The largest absolute Gasteiger partial charge is 0.497 e. The van der Waals surface area contributed by atoms with Gasteiger partial charge in [-0.05, 0) is 49.2 Å². The summed E-state index contributed by atoms with van der Waals surface area (Å²) in [6, 6.07) is 10.1. The number of benzene rings is 1. The second kappa shape index (κ2) is 10.2. The minimum absolute atomic E-state index is 0.0850. The Balaban J connectivity index is 1.49. The van der Waals surface area contributed by atoms with E-state index in [1.807, 2.05) is 12.1 Å². The molecular weight excluding hydrogens is 412 g/mol. The van der Waals surface area contributed by atoms with Crippen LogP contribution in [-0.2, 0) is 20.6 Å². The lowest BCUT2D eigenvalue weighted by molar-refractivity contribution is -0.125. The van der Waals surface area contributed by atoms with Crippen molar-refractivity contribution in [3.8, 4) is 5.75 Å². The second-order valence-corrected chi connectivity index (χ2v) is 9.84. The minimum atomic E-state index is -3.62. The summed E-state index contributed by atoms with van der Waals surface area (Å²) in [5, 5.41) is 2.93. The molecule has 9 heteroatoms. The first kappa shape index (κ1) is 21.7. The lowest BCUT2D eigenvalue weighted by atomic mass is 9.99. The number of sulfonamides is 1. The molecule has 3 rings (SSSR count). The third kappa shape index (κ3) is 5.77. The predicted octanol–water partition coefficient (Wildman–Crippen LogP) is 2.74. The van der Waals surface area contributed by atoms with Crippen LogP contribution in [0.1, 0.15) is 18.6 Å². The summed E-state index contributed by atoms with van der Waals surface area (Å²) in [4.78, 5) is 12.7. The van der Waals surface area contributed by atoms with Gasteiger partial charge < -0.3 is 14.5 Å². The Morgan fingerprint density at radius 3 is 2.79 bits per heavy atom. The number of amides is 1. The number of rotatable bonds is 9. The van der Waals surface area contributed by atoms with E-state index in [0.717, 1.165) is 17.3 Å². The van der Waals surface area contributed by atoms with E-state index in [2.05, 4.69) is 5.32 Å². The van der Waals surface area contributed by atoms with Crippen LogP contribution >= 0.6 is 11.8 Å². The molecule has 7 nitrogen and oxygen atoms in total. The molecule has 1 N–H and O–H groups in total. The van der Waals surface area contributed by atoms with Gasteiger partial charge in [0.15, 0.2) is 0 Å². The number of nitrogens with zero attached hydrogens (tertiary/aromatic N) is 1. The fourth-order valence-electron chi connectivity index (χ4n) is 3.23. The van der Waals surface area contributed by atoms with Gasteiger partial charge in [-0.3, -0.25) is 4.79 Å². The number of nitrogens with one attached hydrogen (secondary N) is 1. The van der Waals surface area contributed by atoms with Crippen LogP contribution in [-0.4, -0.2) is 51.1 Å². The van der Waals surface area contributed by atoms with Crippen LogP contribution in [0.15, 0.2) is 52.0 Å². The first-order valence-electron chi connectivity index (χ1n) is 9.53. The van der Waals surface area contributed by atoms with Crippen molar-refractivity contribution in [2.24, 2.45) is 5.92 Å². The van der Waals surface area contributed by atoms with Crippen molar-refractivity contribution in [2.45, 2.75) is 23.5 Å². The molecule has 0 bridgehead atoms. The molecule has 1 aromatic heterocycles. The second-order valence-electron chi connectivity index (χ2n) is 6.80. The highest BCUT2D eigenvalue weighted by Gasteiger charge is 2.33. The molecular formula is C20H26N2O5S2. The van der Waals surface area contributed by atoms with Gasteiger partial charge in [0.2, 0.25) is 15.9 Å². The van der Waals surface area contributed by atoms with E-state index in [-0.39, 0.29) is 23.3 Å². The fourth-order valence-corrected chi connectivity index (χ4v) is 5.51. The maximum atomic E-state index is 12.9. The van der Waals surface area contributed by atoms with Crippen LogP contribution in [0.2, 0.25) is 0 Å². The van der Waals surface area contributed by atoms with Gasteiger partial charge in [0, 0.05) is 25.4 Å². The van der Waals surface area contributed by atoms with E-state index in [1.165, 1.54) is 23.5 Å². The summed E-state index contributed by atoms with van der Waals surface area (Å²) in [5.41, 5.74) is 0. The van der Waals surface area contributed by atoms with E-state index in [9.17, 15) is 13.2 Å². The maximum absolute atomic E-state index is 12.9. The molecule has 1 atom stereocenters. The van der Waals surface area contributed by atoms with E-state index >= 15 is 0 Å². The van der Waals surface area contributed by atoms with E-state index in [0.29, 0.717) is 31.7 Å². The van der Waals surface area contributed by atoms with Gasteiger partial charge in [-0.25, -0.2) is 8.42 Å². The van der Waals surface area contributed by atoms with Crippen LogP contribution < -0.4 is 10.1 Å². The molecule has 0 radical (unpaired) electrons. The number of ether oxygens (including phenoxy) is 1. The third-order valence-corrected chi connectivity index (χ3v) is 7.68. The maximum Gasteiger partial charge on any atom is 0.243 e. The van der Waals surface area contributed by atoms with Crippen molar-refractivity contribution >= 4 is 27.7 Å². The van der Waals surface area contributed by atoms with Crippen LogP contribution in [0.5, 0.6) is 5.75 Å². The number of carbonyl (C=O) groups excluding carboxylic acids is 1. The zero-order valence-corrected chi connectivity index (χ0v) is 18.0. The zero-order valence-electron chi connectivity index (χ0n) is 16.4. The molecule has 1 saturated heterocycles. The molecule has 29 heavy (non-hydrogen) atoms. The summed E-state index contributed by atoms with van der Waals surface area (Å²) < 4.78 is 37.6. The smallest absolute Gasteiger partial charge is 0.243 e. The monoisotopic (exact) mass is 438 g/mol. The first-order valence-corrected chi connectivity index (χ1v) is 12.1. The summed E-state index contributed by atoms with van der Waals surface area (Å²) in [6.45, 7) is 1.18. The Kier molecular flexibility index (Phi) is 7.63. The van der Waals surface area contributed by atoms with E-state index in [1.54, 1.807) is 30.2 Å². The normalized spacial score (nSPS) is 17.8. The zero-order chi connectivity index (χ0) is 20.7. The number of carbonyl (C=O) groups is 1. The Bertz CT molecular complexity index is 882. The number of thioether (sulfide) groups is 1. The molecule has 1 aromatic carbocycles. The van der Waals surface area contributed by atoms with Crippen LogP contribution in [0.3, 0.4) is 0 Å².